The minimum Gasteiger partial charge on any atom is -0.336 e. The second-order valence-corrected chi connectivity index (χ2v) is 6.84. The van der Waals surface area contributed by atoms with Crippen LogP contribution in [-0.2, 0) is 6.54 Å². The lowest BCUT2D eigenvalue weighted by atomic mass is 10.1. The van der Waals surface area contributed by atoms with E-state index in [1.807, 2.05) is 17.0 Å². The Balaban J connectivity index is 1.59. The zero-order chi connectivity index (χ0) is 17.8. The molecule has 0 spiro atoms. The van der Waals surface area contributed by atoms with Gasteiger partial charge in [0.25, 0.3) is 5.91 Å². The van der Waals surface area contributed by atoms with Crippen LogP contribution >= 0.6 is 23.2 Å². The summed E-state index contributed by atoms with van der Waals surface area (Å²) >= 11 is 12.2. The van der Waals surface area contributed by atoms with Crippen LogP contribution < -0.4 is 0 Å². The van der Waals surface area contributed by atoms with Crippen LogP contribution in [-0.4, -0.2) is 41.9 Å². The van der Waals surface area contributed by atoms with Gasteiger partial charge >= 0.3 is 0 Å². The summed E-state index contributed by atoms with van der Waals surface area (Å²) in [6.07, 6.45) is 0. The third-order valence-electron chi connectivity index (χ3n) is 4.31. The summed E-state index contributed by atoms with van der Waals surface area (Å²) in [6, 6.07) is 14.4. The quantitative estimate of drug-likeness (QED) is 0.821. The van der Waals surface area contributed by atoms with Gasteiger partial charge in [-0.25, -0.2) is 0 Å². The smallest absolute Gasteiger partial charge is 0.253 e. The van der Waals surface area contributed by atoms with E-state index in [0.29, 0.717) is 34.3 Å². The second-order valence-electron chi connectivity index (χ2n) is 6.00. The molecule has 1 amide bonds. The van der Waals surface area contributed by atoms with Gasteiger partial charge in [0, 0.05) is 48.3 Å². The molecule has 0 saturated carbocycles. The highest BCUT2D eigenvalue weighted by Gasteiger charge is 2.22. The van der Waals surface area contributed by atoms with Gasteiger partial charge in [0.15, 0.2) is 0 Å². The molecule has 2 aromatic carbocycles. The SMILES string of the molecule is N#Cc1cccc(C(=O)N2CCN(Cc3ccc(Cl)cc3Cl)CC2)c1. The fourth-order valence-electron chi connectivity index (χ4n) is 2.90. The Bertz CT molecular complexity index is 824. The zero-order valence-corrected chi connectivity index (χ0v) is 15.1. The van der Waals surface area contributed by atoms with Crippen LogP contribution in [0.5, 0.6) is 0 Å². The molecule has 0 atom stereocenters. The molecule has 1 fully saturated rings. The summed E-state index contributed by atoms with van der Waals surface area (Å²) in [6.45, 7) is 3.61. The van der Waals surface area contributed by atoms with Crippen LogP contribution in [0.15, 0.2) is 42.5 Å². The number of amides is 1. The number of hydrogen-bond acceptors (Lipinski definition) is 3. The fourth-order valence-corrected chi connectivity index (χ4v) is 3.37. The molecule has 0 radical (unpaired) electrons. The van der Waals surface area contributed by atoms with Gasteiger partial charge in [0.05, 0.1) is 11.6 Å². The number of halogens is 2. The summed E-state index contributed by atoms with van der Waals surface area (Å²) in [5.41, 5.74) is 2.10. The predicted molar refractivity (Wildman–Crippen MR) is 98.8 cm³/mol. The maximum Gasteiger partial charge on any atom is 0.253 e. The highest BCUT2D eigenvalue weighted by atomic mass is 35.5. The first kappa shape index (κ1) is 17.8. The Morgan fingerprint density at radius 1 is 1.08 bits per heavy atom. The average molecular weight is 374 g/mol. The minimum atomic E-state index is -0.0266. The normalized spacial score (nSPS) is 15.0. The van der Waals surface area contributed by atoms with Crippen molar-refractivity contribution in [2.24, 2.45) is 0 Å². The van der Waals surface area contributed by atoms with Crippen molar-refractivity contribution in [2.45, 2.75) is 6.54 Å². The Morgan fingerprint density at radius 2 is 1.84 bits per heavy atom. The van der Waals surface area contributed by atoms with E-state index in [4.69, 9.17) is 28.5 Å². The van der Waals surface area contributed by atoms with E-state index >= 15 is 0 Å². The Morgan fingerprint density at radius 3 is 2.52 bits per heavy atom. The van der Waals surface area contributed by atoms with Crippen molar-refractivity contribution in [3.8, 4) is 6.07 Å². The Kier molecular flexibility index (Phi) is 5.60. The van der Waals surface area contributed by atoms with Gasteiger partial charge in [0.1, 0.15) is 0 Å². The molecule has 2 aromatic rings. The maximum absolute atomic E-state index is 12.6. The molecule has 1 saturated heterocycles. The first-order chi connectivity index (χ1) is 12.1. The van der Waals surface area contributed by atoms with Crippen LogP contribution in [0.3, 0.4) is 0 Å². The summed E-state index contributed by atoms with van der Waals surface area (Å²) in [4.78, 5) is 16.7. The lowest BCUT2D eigenvalue weighted by Crippen LogP contribution is -2.48. The fraction of sp³-hybridized carbons (Fsp3) is 0.263. The molecule has 0 aromatic heterocycles. The summed E-state index contributed by atoms with van der Waals surface area (Å²) in [7, 11) is 0. The Hall–Kier alpha value is -2.06. The first-order valence-electron chi connectivity index (χ1n) is 8.02. The molecule has 1 aliphatic rings. The molecule has 0 N–H and O–H groups in total. The summed E-state index contributed by atoms with van der Waals surface area (Å²) in [5.74, 6) is -0.0266. The predicted octanol–water partition coefficient (Wildman–Crippen LogP) is 3.82. The number of carbonyl (C=O) groups excluding carboxylic acids is 1. The molecule has 128 valence electrons. The van der Waals surface area contributed by atoms with Gasteiger partial charge < -0.3 is 4.90 Å². The largest absolute Gasteiger partial charge is 0.336 e. The van der Waals surface area contributed by atoms with Crippen LogP contribution in [0, 0.1) is 11.3 Å². The van der Waals surface area contributed by atoms with Gasteiger partial charge in [0.2, 0.25) is 0 Å². The number of nitrogens with zero attached hydrogens (tertiary/aromatic N) is 3. The molecule has 1 heterocycles. The highest BCUT2D eigenvalue weighted by molar-refractivity contribution is 6.35. The molecule has 0 aliphatic carbocycles. The van der Waals surface area contributed by atoms with Gasteiger partial charge in [-0.15, -0.1) is 0 Å². The zero-order valence-electron chi connectivity index (χ0n) is 13.6. The third kappa shape index (κ3) is 4.32. The van der Waals surface area contributed by atoms with E-state index in [-0.39, 0.29) is 5.91 Å². The van der Waals surface area contributed by atoms with E-state index in [0.717, 1.165) is 25.2 Å². The van der Waals surface area contributed by atoms with Gasteiger partial charge in [-0.2, -0.15) is 5.26 Å². The second kappa shape index (κ2) is 7.88. The van der Waals surface area contributed by atoms with Crippen molar-refractivity contribution in [1.29, 1.82) is 5.26 Å². The standard InChI is InChI=1S/C19H17Cl2N3O/c20-17-5-4-16(18(21)11-17)13-23-6-8-24(9-7-23)19(25)15-3-1-2-14(10-15)12-22/h1-5,10-11H,6-9,13H2. The molecule has 0 bridgehead atoms. The van der Waals surface area contributed by atoms with E-state index in [1.54, 1.807) is 30.3 Å². The number of nitriles is 1. The minimum absolute atomic E-state index is 0.0266. The first-order valence-corrected chi connectivity index (χ1v) is 8.78. The number of piperazine rings is 1. The molecular weight excluding hydrogens is 357 g/mol. The molecule has 25 heavy (non-hydrogen) atoms. The number of hydrogen-bond donors (Lipinski definition) is 0. The molecule has 3 rings (SSSR count). The summed E-state index contributed by atoms with van der Waals surface area (Å²) < 4.78 is 0. The topological polar surface area (TPSA) is 47.3 Å². The third-order valence-corrected chi connectivity index (χ3v) is 4.89. The van der Waals surface area contributed by atoms with Crippen molar-refractivity contribution in [1.82, 2.24) is 9.80 Å². The molecule has 4 nitrogen and oxygen atoms in total. The summed E-state index contributed by atoms with van der Waals surface area (Å²) in [5, 5.41) is 10.3. The van der Waals surface area contributed by atoms with E-state index in [2.05, 4.69) is 11.0 Å². The van der Waals surface area contributed by atoms with Crippen molar-refractivity contribution >= 4 is 29.1 Å². The highest BCUT2D eigenvalue weighted by Crippen LogP contribution is 2.23. The molecular formula is C19H17Cl2N3O. The van der Waals surface area contributed by atoms with Crippen LogP contribution in [0.2, 0.25) is 10.0 Å². The number of carbonyl (C=O) groups is 1. The van der Waals surface area contributed by atoms with Crippen molar-refractivity contribution < 1.29 is 4.79 Å². The van der Waals surface area contributed by atoms with Crippen molar-refractivity contribution in [3.63, 3.8) is 0 Å². The number of rotatable bonds is 3. The molecule has 0 unspecified atom stereocenters. The van der Waals surface area contributed by atoms with Gasteiger partial charge in [-0.1, -0.05) is 35.3 Å². The lowest BCUT2D eigenvalue weighted by Gasteiger charge is -2.35. The van der Waals surface area contributed by atoms with E-state index in [1.165, 1.54) is 0 Å². The van der Waals surface area contributed by atoms with Crippen molar-refractivity contribution in [2.75, 3.05) is 26.2 Å². The molecule has 1 aliphatic heterocycles. The van der Waals surface area contributed by atoms with E-state index < -0.39 is 0 Å². The maximum atomic E-state index is 12.6. The van der Waals surface area contributed by atoms with Crippen LogP contribution in [0.1, 0.15) is 21.5 Å². The van der Waals surface area contributed by atoms with Gasteiger partial charge in [-0.3, -0.25) is 9.69 Å². The Labute approximate surface area is 157 Å². The van der Waals surface area contributed by atoms with Crippen molar-refractivity contribution in [3.05, 3.63) is 69.2 Å². The average Bonchev–Trinajstić information content (AvgIpc) is 2.64. The lowest BCUT2D eigenvalue weighted by molar-refractivity contribution is 0.0628. The van der Waals surface area contributed by atoms with Crippen LogP contribution in [0.25, 0.3) is 0 Å². The molecule has 6 heteroatoms. The number of benzene rings is 2. The monoisotopic (exact) mass is 373 g/mol. The van der Waals surface area contributed by atoms with E-state index in [9.17, 15) is 4.79 Å². The van der Waals surface area contributed by atoms with Crippen LogP contribution in [0.4, 0.5) is 0 Å². The van der Waals surface area contributed by atoms with Gasteiger partial charge in [-0.05, 0) is 35.9 Å².